The summed E-state index contributed by atoms with van der Waals surface area (Å²) < 4.78 is 12.7. The Morgan fingerprint density at radius 1 is 1.18 bits per heavy atom. The summed E-state index contributed by atoms with van der Waals surface area (Å²) in [5, 5.41) is 11.6. The van der Waals surface area contributed by atoms with E-state index in [-0.39, 0.29) is 11.9 Å². The Hall–Kier alpha value is -2.93. The molecule has 1 N–H and O–H groups in total. The average molecular weight is 380 g/mol. The number of nitrogens with one attached hydrogen (secondary N) is 1. The van der Waals surface area contributed by atoms with Crippen LogP contribution in [0.5, 0.6) is 5.75 Å². The highest BCUT2D eigenvalue weighted by Gasteiger charge is 2.42. The topological polar surface area (TPSA) is 77.8 Å². The fraction of sp³-hybridized carbons (Fsp3) is 0.381. The van der Waals surface area contributed by atoms with Crippen molar-refractivity contribution in [3.8, 4) is 5.75 Å². The third kappa shape index (κ3) is 3.22. The number of pyridine rings is 1. The molecule has 3 aromatic rings. The Kier molecular flexibility index (Phi) is 5.00. The van der Waals surface area contributed by atoms with Crippen molar-refractivity contribution in [2.45, 2.75) is 31.2 Å². The van der Waals surface area contributed by atoms with E-state index in [1.165, 1.54) is 0 Å². The predicted molar refractivity (Wildman–Crippen MR) is 104 cm³/mol. The number of methoxy groups -OCH3 is 1. The van der Waals surface area contributed by atoms with Crippen LogP contribution in [0.2, 0.25) is 0 Å². The predicted octanol–water partition coefficient (Wildman–Crippen LogP) is 2.66. The van der Waals surface area contributed by atoms with E-state index in [2.05, 4.69) is 15.5 Å². The molecule has 0 unspecified atom stereocenters. The van der Waals surface area contributed by atoms with Crippen molar-refractivity contribution in [3.63, 3.8) is 0 Å². The van der Waals surface area contributed by atoms with Gasteiger partial charge in [-0.25, -0.2) is 0 Å². The number of carbonyl (C=O) groups excluding carboxylic acids is 1. The minimum Gasteiger partial charge on any atom is -0.497 e. The molecule has 146 valence electrons. The molecule has 1 aromatic carbocycles. The quantitative estimate of drug-likeness (QED) is 0.736. The van der Waals surface area contributed by atoms with E-state index in [1.807, 2.05) is 60.0 Å². The van der Waals surface area contributed by atoms with Gasteiger partial charge >= 0.3 is 0 Å². The molecule has 7 nitrogen and oxygen atoms in total. The van der Waals surface area contributed by atoms with E-state index in [9.17, 15) is 4.79 Å². The van der Waals surface area contributed by atoms with Crippen LogP contribution in [0.15, 0.2) is 48.7 Å². The fourth-order valence-electron chi connectivity index (χ4n) is 3.83. The van der Waals surface area contributed by atoms with Crippen LogP contribution in [-0.4, -0.2) is 40.8 Å². The number of ether oxygens (including phenoxy) is 2. The number of nitrogens with zero attached hydrogens (tertiary/aromatic N) is 3. The van der Waals surface area contributed by atoms with Crippen molar-refractivity contribution in [2.75, 3.05) is 20.3 Å². The molecule has 1 amide bonds. The smallest absolute Gasteiger partial charge is 0.231 e. The first-order valence-electron chi connectivity index (χ1n) is 9.47. The molecule has 1 atom stereocenters. The normalized spacial score (nSPS) is 17.2. The SMILES string of the molecule is COc1ccc(C2(C(=O)N[C@H](C)c3nnc4ccccn34)CCOCC2)cc1. The summed E-state index contributed by atoms with van der Waals surface area (Å²) in [6.07, 6.45) is 3.18. The molecule has 0 spiro atoms. The zero-order valence-electron chi connectivity index (χ0n) is 16.1. The van der Waals surface area contributed by atoms with Crippen molar-refractivity contribution >= 4 is 11.6 Å². The number of carbonyl (C=O) groups is 1. The molecule has 1 aliphatic heterocycles. The number of amides is 1. The van der Waals surface area contributed by atoms with E-state index in [0.717, 1.165) is 17.0 Å². The maximum Gasteiger partial charge on any atom is 0.231 e. The van der Waals surface area contributed by atoms with E-state index in [0.29, 0.717) is 31.9 Å². The molecule has 28 heavy (non-hydrogen) atoms. The van der Waals surface area contributed by atoms with Crippen LogP contribution in [0.25, 0.3) is 5.65 Å². The first-order valence-corrected chi connectivity index (χ1v) is 9.47. The third-order valence-electron chi connectivity index (χ3n) is 5.50. The van der Waals surface area contributed by atoms with Crippen LogP contribution in [0.1, 0.15) is 37.2 Å². The average Bonchev–Trinajstić information content (AvgIpc) is 3.18. The van der Waals surface area contributed by atoms with Gasteiger partial charge in [-0.15, -0.1) is 10.2 Å². The van der Waals surface area contributed by atoms with Crippen molar-refractivity contribution < 1.29 is 14.3 Å². The van der Waals surface area contributed by atoms with Gasteiger partial charge in [0.15, 0.2) is 11.5 Å². The molecule has 0 radical (unpaired) electrons. The highest BCUT2D eigenvalue weighted by atomic mass is 16.5. The van der Waals surface area contributed by atoms with Crippen LogP contribution < -0.4 is 10.1 Å². The van der Waals surface area contributed by atoms with Crippen LogP contribution >= 0.6 is 0 Å². The van der Waals surface area contributed by atoms with Gasteiger partial charge in [-0.1, -0.05) is 18.2 Å². The molecule has 7 heteroatoms. The van der Waals surface area contributed by atoms with Gasteiger partial charge in [0.05, 0.1) is 18.6 Å². The number of hydrogen-bond donors (Lipinski definition) is 1. The maximum atomic E-state index is 13.5. The van der Waals surface area contributed by atoms with Crippen molar-refractivity contribution in [2.24, 2.45) is 0 Å². The Bertz CT molecular complexity index is 961. The summed E-state index contributed by atoms with van der Waals surface area (Å²) in [7, 11) is 1.64. The van der Waals surface area contributed by atoms with Gasteiger partial charge in [-0.2, -0.15) is 0 Å². The Balaban J connectivity index is 1.62. The zero-order chi connectivity index (χ0) is 19.6. The molecule has 0 bridgehead atoms. The number of hydrogen-bond acceptors (Lipinski definition) is 5. The van der Waals surface area contributed by atoms with E-state index >= 15 is 0 Å². The highest BCUT2D eigenvalue weighted by molar-refractivity contribution is 5.88. The lowest BCUT2D eigenvalue weighted by atomic mass is 9.73. The summed E-state index contributed by atoms with van der Waals surface area (Å²) in [6, 6.07) is 13.2. The molecule has 0 saturated carbocycles. The maximum absolute atomic E-state index is 13.5. The van der Waals surface area contributed by atoms with Gasteiger partial charge in [-0.3, -0.25) is 9.20 Å². The second kappa shape index (κ2) is 7.59. The molecular weight excluding hydrogens is 356 g/mol. The summed E-state index contributed by atoms with van der Waals surface area (Å²) in [6.45, 7) is 3.05. The third-order valence-corrected chi connectivity index (χ3v) is 5.50. The fourth-order valence-corrected chi connectivity index (χ4v) is 3.83. The first kappa shape index (κ1) is 18.4. The number of rotatable bonds is 5. The van der Waals surface area contributed by atoms with Crippen LogP contribution in [-0.2, 0) is 14.9 Å². The van der Waals surface area contributed by atoms with Crippen LogP contribution in [0.3, 0.4) is 0 Å². The molecular formula is C21H24N4O3. The van der Waals surface area contributed by atoms with E-state index in [4.69, 9.17) is 9.47 Å². The lowest BCUT2D eigenvalue weighted by Crippen LogP contribution is -2.48. The summed E-state index contributed by atoms with van der Waals surface area (Å²) in [4.78, 5) is 13.5. The second-order valence-corrected chi connectivity index (χ2v) is 7.11. The molecule has 2 aromatic heterocycles. The van der Waals surface area contributed by atoms with Gasteiger partial charge in [0.1, 0.15) is 5.75 Å². The standard InChI is InChI=1S/C21H24N4O3/c1-15(19-24-23-18-5-3-4-12-25(18)19)22-20(26)21(10-13-28-14-11-21)16-6-8-17(27-2)9-7-16/h3-9,12,15H,10-11,13-14H2,1-2H3,(H,22,26)/t15-/m1/s1. The zero-order valence-corrected chi connectivity index (χ0v) is 16.1. The Morgan fingerprint density at radius 2 is 1.93 bits per heavy atom. The highest BCUT2D eigenvalue weighted by Crippen LogP contribution is 2.36. The number of aromatic nitrogens is 3. The molecule has 1 saturated heterocycles. The largest absolute Gasteiger partial charge is 0.497 e. The van der Waals surface area contributed by atoms with Gasteiger partial charge in [0.25, 0.3) is 0 Å². The second-order valence-electron chi connectivity index (χ2n) is 7.11. The van der Waals surface area contributed by atoms with Gasteiger partial charge in [0, 0.05) is 19.4 Å². The van der Waals surface area contributed by atoms with Gasteiger partial charge < -0.3 is 14.8 Å². The summed E-state index contributed by atoms with van der Waals surface area (Å²) in [5.41, 5.74) is 1.11. The van der Waals surface area contributed by atoms with E-state index in [1.54, 1.807) is 7.11 Å². The van der Waals surface area contributed by atoms with Gasteiger partial charge in [0.2, 0.25) is 5.91 Å². The van der Waals surface area contributed by atoms with Crippen LogP contribution in [0, 0.1) is 0 Å². The molecule has 4 rings (SSSR count). The molecule has 1 fully saturated rings. The molecule has 3 heterocycles. The molecule has 0 aliphatic carbocycles. The van der Waals surface area contributed by atoms with Crippen molar-refractivity contribution in [3.05, 3.63) is 60.0 Å². The monoisotopic (exact) mass is 380 g/mol. The summed E-state index contributed by atoms with van der Waals surface area (Å²) in [5.74, 6) is 1.47. The number of benzene rings is 1. The minimum atomic E-state index is -0.626. The van der Waals surface area contributed by atoms with Crippen molar-refractivity contribution in [1.29, 1.82) is 0 Å². The molecule has 1 aliphatic rings. The number of fused-ring (bicyclic) bond motifs is 1. The lowest BCUT2D eigenvalue weighted by molar-refractivity contribution is -0.131. The minimum absolute atomic E-state index is 0.0128. The first-order chi connectivity index (χ1) is 13.6. The van der Waals surface area contributed by atoms with Gasteiger partial charge in [-0.05, 0) is 49.6 Å². The Labute approximate surface area is 163 Å². The lowest BCUT2D eigenvalue weighted by Gasteiger charge is -2.37. The summed E-state index contributed by atoms with van der Waals surface area (Å²) >= 11 is 0. The Morgan fingerprint density at radius 3 is 2.64 bits per heavy atom. The van der Waals surface area contributed by atoms with E-state index < -0.39 is 5.41 Å². The van der Waals surface area contributed by atoms with Crippen molar-refractivity contribution in [1.82, 2.24) is 19.9 Å². The van der Waals surface area contributed by atoms with Crippen LogP contribution in [0.4, 0.5) is 0 Å².